The predicted octanol–water partition coefficient (Wildman–Crippen LogP) is 6.50. The van der Waals surface area contributed by atoms with Crippen LogP contribution in [0.4, 0.5) is 11.4 Å². The van der Waals surface area contributed by atoms with Crippen molar-refractivity contribution in [2.24, 2.45) is 16.8 Å². The summed E-state index contributed by atoms with van der Waals surface area (Å²) in [6.45, 7) is 0. The average molecular weight is 521 g/mol. The zero-order valence-electron chi connectivity index (χ0n) is 21.4. The number of imide groups is 1. The van der Waals surface area contributed by atoms with Gasteiger partial charge >= 0.3 is 0 Å². The second kappa shape index (κ2) is 8.23. The number of anilines is 1. The summed E-state index contributed by atoms with van der Waals surface area (Å²) in [6.07, 6.45) is 1.88. The van der Waals surface area contributed by atoms with E-state index < -0.39 is 17.3 Å². The van der Waals surface area contributed by atoms with Crippen LogP contribution in [0.15, 0.2) is 120 Å². The van der Waals surface area contributed by atoms with Crippen LogP contribution in [0, 0.1) is 11.8 Å². The van der Waals surface area contributed by atoms with Gasteiger partial charge in [-0.15, -0.1) is 0 Å². The summed E-state index contributed by atoms with van der Waals surface area (Å²) >= 11 is 0. The predicted molar refractivity (Wildman–Crippen MR) is 155 cm³/mol. The molecule has 0 unspecified atom stereocenters. The van der Waals surface area contributed by atoms with Crippen molar-refractivity contribution in [2.75, 3.05) is 4.90 Å². The van der Waals surface area contributed by atoms with E-state index in [1.807, 2.05) is 72.9 Å². The number of hydrogen-bond acceptors (Lipinski definition) is 4. The molecule has 2 atom stereocenters. The molecule has 0 aromatic heterocycles. The number of fused-ring (bicyclic) bond motifs is 1. The Hall–Kier alpha value is -5.03. The minimum absolute atomic E-state index is 0.160. The maximum Gasteiger partial charge on any atom is 0.239 e. The number of benzene rings is 5. The molecule has 1 N–H and O–H groups in total. The third-order valence-corrected chi connectivity index (χ3v) is 8.96. The van der Waals surface area contributed by atoms with Gasteiger partial charge in [-0.1, -0.05) is 84.9 Å². The van der Waals surface area contributed by atoms with Crippen molar-refractivity contribution in [1.29, 1.82) is 0 Å². The first-order chi connectivity index (χ1) is 19.6. The van der Waals surface area contributed by atoms with Gasteiger partial charge in [-0.2, -0.15) is 0 Å². The van der Waals surface area contributed by atoms with Crippen LogP contribution in [0.3, 0.4) is 0 Å². The quantitative estimate of drug-likeness (QED) is 0.218. The van der Waals surface area contributed by atoms with E-state index in [-0.39, 0.29) is 23.5 Å². The van der Waals surface area contributed by atoms with Crippen molar-refractivity contribution in [3.8, 4) is 5.75 Å². The topological polar surface area (TPSA) is 70.0 Å². The zero-order valence-corrected chi connectivity index (χ0v) is 21.4. The SMILES string of the molecule is O=C1[C@@H]2C3c4ccccc4C(C=Nc4ccc(O)cc4)(c4ccccc43)[C@@H]2C(=O)N1c1cccc2ccccc12. The highest BCUT2D eigenvalue weighted by Gasteiger charge is 2.68. The molecule has 2 amide bonds. The van der Waals surface area contributed by atoms with Gasteiger partial charge in [-0.3, -0.25) is 14.6 Å². The maximum atomic E-state index is 14.7. The zero-order chi connectivity index (χ0) is 27.0. The van der Waals surface area contributed by atoms with Gasteiger partial charge in [-0.25, -0.2) is 4.90 Å². The summed E-state index contributed by atoms with van der Waals surface area (Å²) in [5.74, 6) is -1.62. The Morgan fingerprint density at radius 2 is 1.32 bits per heavy atom. The smallest absolute Gasteiger partial charge is 0.239 e. The van der Waals surface area contributed by atoms with E-state index >= 15 is 0 Å². The molecular weight excluding hydrogens is 496 g/mol. The lowest BCUT2D eigenvalue weighted by Crippen LogP contribution is -2.54. The number of rotatable bonds is 3. The second-order valence-corrected chi connectivity index (χ2v) is 10.8. The molecule has 1 aliphatic heterocycles. The Morgan fingerprint density at radius 3 is 2.05 bits per heavy atom. The van der Waals surface area contributed by atoms with Crippen molar-refractivity contribution in [3.63, 3.8) is 0 Å². The molecule has 1 saturated heterocycles. The first-order valence-corrected chi connectivity index (χ1v) is 13.5. The highest BCUT2D eigenvalue weighted by molar-refractivity contribution is 6.27. The Kier molecular flexibility index (Phi) is 4.72. The largest absolute Gasteiger partial charge is 0.508 e. The van der Waals surface area contributed by atoms with E-state index in [0.717, 1.165) is 33.0 Å². The molecule has 40 heavy (non-hydrogen) atoms. The maximum absolute atomic E-state index is 14.7. The minimum Gasteiger partial charge on any atom is -0.508 e. The lowest BCUT2D eigenvalue weighted by molar-refractivity contribution is -0.122. The first kappa shape index (κ1) is 22.9. The van der Waals surface area contributed by atoms with Crippen LogP contribution < -0.4 is 4.90 Å². The first-order valence-electron chi connectivity index (χ1n) is 13.5. The fourth-order valence-electron chi connectivity index (χ4n) is 7.41. The molecule has 9 rings (SSSR count). The Labute approximate surface area is 231 Å². The third-order valence-electron chi connectivity index (χ3n) is 8.96. The number of nitrogens with zero attached hydrogens (tertiary/aromatic N) is 2. The molecule has 192 valence electrons. The Morgan fingerprint density at radius 1 is 0.700 bits per heavy atom. The number of carbonyl (C=O) groups is 2. The fourth-order valence-corrected chi connectivity index (χ4v) is 7.41. The van der Waals surface area contributed by atoms with Gasteiger partial charge in [0.2, 0.25) is 11.8 Å². The summed E-state index contributed by atoms with van der Waals surface area (Å²) in [7, 11) is 0. The molecule has 5 heteroatoms. The van der Waals surface area contributed by atoms with Crippen LogP contribution in [0.2, 0.25) is 0 Å². The van der Waals surface area contributed by atoms with E-state index in [1.165, 1.54) is 4.90 Å². The molecule has 5 aromatic carbocycles. The van der Waals surface area contributed by atoms with Gasteiger partial charge in [-0.05, 0) is 58.0 Å². The molecule has 0 spiro atoms. The highest BCUT2D eigenvalue weighted by Crippen LogP contribution is 2.64. The molecule has 5 aromatic rings. The Bertz CT molecular complexity index is 1840. The molecule has 2 bridgehead atoms. The molecular formula is C35H24N2O3. The van der Waals surface area contributed by atoms with Crippen molar-refractivity contribution >= 4 is 40.2 Å². The highest BCUT2D eigenvalue weighted by atomic mass is 16.3. The van der Waals surface area contributed by atoms with Gasteiger partial charge in [0.25, 0.3) is 0 Å². The van der Waals surface area contributed by atoms with Crippen molar-refractivity contribution in [1.82, 2.24) is 0 Å². The monoisotopic (exact) mass is 520 g/mol. The normalized spacial score (nSPS) is 24.4. The average Bonchev–Trinajstić information content (AvgIpc) is 3.27. The summed E-state index contributed by atoms with van der Waals surface area (Å²) in [4.78, 5) is 35.5. The summed E-state index contributed by atoms with van der Waals surface area (Å²) in [6, 6.07) is 36.7. The van der Waals surface area contributed by atoms with Crippen LogP contribution in [-0.4, -0.2) is 23.1 Å². The molecule has 1 heterocycles. The number of aromatic hydroxyl groups is 1. The summed E-state index contributed by atoms with van der Waals surface area (Å²) in [5.41, 5.74) is 4.53. The number of phenols is 1. The van der Waals surface area contributed by atoms with Crippen LogP contribution in [-0.2, 0) is 15.0 Å². The molecule has 1 fully saturated rings. The molecule has 0 saturated carbocycles. The van der Waals surface area contributed by atoms with Gasteiger partial charge in [0, 0.05) is 17.5 Å². The van der Waals surface area contributed by atoms with Gasteiger partial charge < -0.3 is 5.11 Å². The van der Waals surface area contributed by atoms with Crippen LogP contribution >= 0.6 is 0 Å². The number of aliphatic imine (C=N–C) groups is 1. The standard InChI is InChI=1S/C35H24N2O3/c38-23-18-16-22(17-19-23)36-20-35-27-13-5-3-11-25(27)30(26-12-4-6-14-28(26)35)31-32(35)34(40)37(33(31)39)29-15-7-9-21-8-1-2-10-24(21)29/h1-20,30-32,38H/t30?,31-,32+,35?/m1/s1. The van der Waals surface area contributed by atoms with Crippen molar-refractivity contribution < 1.29 is 14.7 Å². The molecule has 4 aliphatic rings. The van der Waals surface area contributed by atoms with Crippen molar-refractivity contribution in [2.45, 2.75) is 11.3 Å². The molecule has 5 nitrogen and oxygen atoms in total. The van der Waals surface area contributed by atoms with E-state index in [4.69, 9.17) is 4.99 Å². The van der Waals surface area contributed by atoms with E-state index in [1.54, 1.807) is 24.3 Å². The fraction of sp³-hybridized carbons (Fsp3) is 0.114. The van der Waals surface area contributed by atoms with Crippen LogP contribution in [0.25, 0.3) is 10.8 Å². The van der Waals surface area contributed by atoms with Crippen LogP contribution in [0.1, 0.15) is 28.2 Å². The summed E-state index contributed by atoms with van der Waals surface area (Å²) in [5, 5.41) is 11.7. The Balaban J connectivity index is 1.40. The minimum atomic E-state index is -0.934. The van der Waals surface area contributed by atoms with Gasteiger partial charge in [0.05, 0.1) is 28.6 Å². The van der Waals surface area contributed by atoms with Crippen LogP contribution in [0.5, 0.6) is 5.75 Å². The van der Waals surface area contributed by atoms with E-state index in [2.05, 4.69) is 24.3 Å². The number of hydrogen-bond donors (Lipinski definition) is 1. The number of phenolic OH excluding ortho intramolecular Hbond substituents is 1. The second-order valence-electron chi connectivity index (χ2n) is 10.8. The lowest BCUT2D eigenvalue weighted by atomic mass is 9.47. The van der Waals surface area contributed by atoms with E-state index in [0.29, 0.717) is 11.4 Å². The van der Waals surface area contributed by atoms with E-state index in [9.17, 15) is 14.7 Å². The van der Waals surface area contributed by atoms with Gasteiger partial charge in [0.15, 0.2) is 0 Å². The summed E-state index contributed by atoms with van der Waals surface area (Å²) < 4.78 is 0. The molecule has 0 radical (unpaired) electrons. The number of carbonyl (C=O) groups excluding carboxylic acids is 2. The lowest BCUT2D eigenvalue weighted by Gasteiger charge is -2.52. The third kappa shape index (κ3) is 2.89. The van der Waals surface area contributed by atoms with Gasteiger partial charge in [0.1, 0.15) is 5.75 Å². The molecule has 3 aliphatic carbocycles. The number of amides is 2. The van der Waals surface area contributed by atoms with Crippen molar-refractivity contribution in [3.05, 3.63) is 138 Å².